The van der Waals surface area contributed by atoms with E-state index in [1.165, 1.54) is 31.2 Å². The molecule has 0 unspecified atom stereocenters. The second-order valence-corrected chi connectivity index (χ2v) is 7.41. The van der Waals surface area contributed by atoms with Gasteiger partial charge in [0.05, 0.1) is 0 Å². The molecule has 1 aliphatic rings. The van der Waals surface area contributed by atoms with Crippen LogP contribution in [0, 0.1) is 0 Å². The SMILES string of the molecule is C=O.CCCCCC.CNC(=O)C1=C(N(C=O)CCc2ccc(NC)cc2)CCCC1. The highest BCUT2D eigenvalue weighted by Crippen LogP contribution is 2.27. The third-order valence-electron chi connectivity index (χ3n) is 5.25. The van der Waals surface area contributed by atoms with Gasteiger partial charge in [0, 0.05) is 37.6 Å². The molecule has 0 spiro atoms. The van der Waals surface area contributed by atoms with Gasteiger partial charge >= 0.3 is 0 Å². The van der Waals surface area contributed by atoms with Crippen LogP contribution in [0.15, 0.2) is 35.5 Å². The number of nitrogens with one attached hydrogen (secondary N) is 2. The lowest BCUT2D eigenvalue weighted by Gasteiger charge is -2.27. The van der Waals surface area contributed by atoms with Crippen molar-refractivity contribution in [1.82, 2.24) is 10.2 Å². The summed E-state index contributed by atoms with van der Waals surface area (Å²) in [6, 6.07) is 8.17. The molecule has 174 valence electrons. The molecule has 0 saturated carbocycles. The Morgan fingerprint density at radius 3 is 2.10 bits per heavy atom. The lowest BCUT2D eigenvalue weighted by molar-refractivity contribution is -0.118. The minimum Gasteiger partial charge on any atom is -0.388 e. The van der Waals surface area contributed by atoms with Crippen LogP contribution in [-0.2, 0) is 20.8 Å². The molecule has 0 atom stereocenters. The van der Waals surface area contributed by atoms with Gasteiger partial charge in [0.25, 0.3) is 0 Å². The first-order valence-corrected chi connectivity index (χ1v) is 11.3. The summed E-state index contributed by atoms with van der Waals surface area (Å²) >= 11 is 0. The number of carbonyl (C=O) groups excluding carboxylic acids is 3. The van der Waals surface area contributed by atoms with Crippen LogP contribution in [-0.4, -0.2) is 44.6 Å². The van der Waals surface area contributed by atoms with Crippen LogP contribution in [0.3, 0.4) is 0 Å². The fourth-order valence-corrected chi connectivity index (χ4v) is 3.44. The predicted molar refractivity (Wildman–Crippen MR) is 129 cm³/mol. The molecular weight excluding hydrogens is 390 g/mol. The van der Waals surface area contributed by atoms with Gasteiger partial charge in [-0.2, -0.15) is 0 Å². The average Bonchev–Trinajstić information content (AvgIpc) is 2.85. The summed E-state index contributed by atoms with van der Waals surface area (Å²) in [5.41, 5.74) is 3.89. The van der Waals surface area contributed by atoms with E-state index in [0.717, 1.165) is 55.5 Å². The number of likely N-dealkylation sites (N-methyl/N-ethyl adjacent to an activating group) is 1. The Bertz CT molecular complexity index is 652. The molecule has 0 aliphatic heterocycles. The molecule has 0 radical (unpaired) electrons. The Balaban J connectivity index is 0.000000970. The van der Waals surface area contributed by atoms with Crippen molar-refractivity contribution < 1.29 is 14.4 Å². The number of nitrogens with zero attached hydrogens (tertiary/aromatic N) is 1. The highest BCUT2D eigenvalue weighted by atomic mass is 16.2. The van der Waals surface area contributed by atoms with Crippen molar-refractivity contribution in [2.45, 2.75) is 71.6 Å². The van der Waals surface area contributed by atoms with Crippen LogP contribution in [0.5, 0.6) is 0 Å². The maximum atomic E-state index is 12.0. The first kappa shape index (κ1) is 28.4. The van der Waals surface area contributed by atoms with Crippen LogP contribution in [0.25, 0.3) is 0 Å². The Labute approximate surface area is 188 Å². The summed E-state index contributed by atoms with van der Waals surface area (Å²) in [4.78, 5) is 33.3. The quantitative estimate of drug-likeness (QED) is 0.416. The van der Waals surface area contributed by atoms with Crippen LogP contribution in [0.2, 0.25) is 0 Å². The van der Waals surface area contributed by atoms with Gasteiger partial charge in [0.15, 0.2) is 0 Å². The lowest BCUT2D eigenvalue weighted by Crippen LogP contribution is -2.31. The maximum Gasteiger partial charge on any atom is 0.248 e. The van der Waals surface area contributed by atoms with E-state index in [-0.39, 0.29) is 5.91 Å². The summed E-state index contributed by atoms with van der Waals surface area (Å²) in [5.74, 6) is -0.0649. The summed E-state index contributed by atoms with van der Waals surface area (Å²) in [7, 11) is 3.52. The number of allylic oxidation sites excluding steroid dienone is 1. The molecular formula is C25H41N3O3. The molecule has 1 aliphatic carbocycles. The number of unbranched alkanes of at least 4 members (excludes halogenated alkanes) is 3. The Kier molecular flexibility index (Phi) is 16.6. The molecule has 2 rings (SSSR count). The molecule has 6 heteroatoms. The monoisotopic (exact) mass is 431 g/mol. The van der Waals surface area contributed by atoms with E-state index in [9.17, 15) is 9.59 Å². The first-order valence-electron chi connectivity index (χ1n) is 11.3. The number of amides is 2. The third kappa shape index (κ3) is 10.8. The molecule has 0 bridgehead atoms. The molecule has 0 aromatic heterocycles. The Morgan fingerprint density at radius 2 is 1.61 bits per heavy atom. The van der Waals surface area contributed by atoms with Crippen molar-refractivity contribution >= 4 is 24.8 Å². The normalized spacial score (nSPS) is 12.5. The molecule has 1 aromatic carbocycles. The van der Waals surface area contributed by atoms with Crippen molar-refractivity contribution in [2.24, 2.45) is 0 Å². The topological polar surface area (TPSA) is 78.5 Å². The fraction of sp³-hybridized carbons (Fsp3) is 0.560. The highest BCUT2D eigenvalue weighted by molar-refractivity contribution is 5.94. The van der Waals surface area contributed by atoms with Gasteiger partial charge < -0.3 is 20.3 Å². The van der Waals surface area contributed by atoms with Crippen molar-refractivity contribution in [1.29, 1.82) is 0 Å². The summed E-state index contributed by atoms with van der Waals surface area (Å²) < 4.78 is 0. The van der Waals surface area contributed by atoms with E-state index in [0.29, 0.717) is 6.54 Å². The zero-order valence-corrected chi connectivity index (χ0v) is 19.8. The van der Waals surface area contributed by atoms with Gasteiger partial charge in [-0.1, -0.05) is 51.7 Å². The Morgan fingerprint density at radius 1 is 1.03 bits per heavy atom. The van der Waals surface area contributed by atoms with Crippen molar-refractivity contribution in [3.8, 4) is 0 Å². The van der Waals surface area contributed by atoms with Crippen LogP contribution in [0.4, 0.5) is 5.69 Å². The number of rotatable bonds is 10. The molecule has 2 amide bonds. The minimum absolute atomic E-state index is 0.0649. The molecule has 31 heavy (non-hydrogen) atoms. The number of anilines is 1. The van der Waals surface area contributed by atoms with Gasteiger partial charge in [-0.05, 0) is 49.8 Å². The molecule has 1 aromatic rings. The summed E-state index contributed by atoms with van der Waals surface area (Å²) in [6.07, 6.45) is 10.7. The third-order valence-corrected chi connectivity index (χ3v) is 5.25. The second-order valence-electron chi connectivity index (χ2n) is 7.41. The maximum absolute atomic E-state index is 12.0. The predicted octanol–water partition coefficient (Wildman–Crippen LogP) is 4.71. The van der Waals surface area contributed by atoms with E-state index < -0.39 is 0 Å². The molecule has 0 fully saturated rings. The number of carbonyl (C=O) groups is 3. The smallest absolute Gasteiger partial charge is 0.248 e. The van der Waals surface area contributed by atoms with Crippen LogP contribution < -0.4 is 10.6 Å². The largest absolute Gasteiger partial charge is 0.388 e. The summed E-state index contributed by atoms with van der Waals surface area (Å²) in [6.45, 7) is 7.06. The lowest BCUT2D eigenvalue weighted by atomic mass is 9.94. The van der Waals surface area contributed by atoms with Crippen molar-refractivity contribution in [3.63, 3.8) is 0 Å². The summed E-state index contributed by atoms with van der Waals surface area (Å²) in [5, 5.41) is 5.77. The van der Waals surface area contributed by atoms with E-state index in [2.05, 4.69) is 36.6 Å². The van der Waals surface area contributed by atoms with E-state index >= 15 is 0 Å². The van der Waals surface area contributed by atoms with Gasteiger partial charge in [0.1, 0.15) is 6.79 Å². The van der Waals surface area contributed by atoms with Gasteiger partial charge in [-0.3, -0.25) is 9.59 Å². The van der Waals surface area contributed by atoms with Crippen molar-refractivity contribution in [2.75, 3.05) is 26.0 Å². The standard InChI is InChI=1S/C18H25N3O2.C6H14.CH2O/c1-19-15-9-7-14(8-10-15)11-12-21(13-22)17-6-4-3-5-16(17)18(23)20-2;1-3-5-6-4-2;1-2/h7-10,13,19H,3-6,11-12H2,1-2H3,(H,20,23);3-6H2,1-2H3;1H2. The average molecular weight is 432 g/mol. The number of hydrogen-bond donors (Lipinski definition) is 2. The second kappa shape index (κ2) is 18.2. The van der Waals surface area contributed by atoms with Gasteiger partial charge in [-0.25, -0.2) is 0 Å². The number of benzene rings is 1. The zero-order chi connectivity index (χ0) is 23.5. The van der Waals surface area contributed by atoms with E-state index in [4.69, 9.17) is 4.79 Å². The molecule has 2 N–H and O–H groups in total. The van der Waals surface area contributed by atoms with Gasteiger partial charge in [-0.15, -0.1) is 0 Å². The van der Waals surface area contributed by atoms with Crippen molar-refractivity contribution in [3.05, 3.63) is 41.1 Å². The molecule has 6 nitrogen and oxygen atoms in total. The molecule has 0 saturated heterocycles. The molecule has 0 heterocycles. The number of hydrogen-bond acceptors (Lipinski definition) is 4. The highest BCUT2D eigenvalue weighted by Gasteiger charge is 2.22. The zero-order valence-electron chi connectivity index (χ0n) is 19.8. The fourth-order valence-electron chi connectivity index (χ4n) is 3.44. The van der Waals surface area contributed by atoms with Gasteiger partial charge in [0.2, 0.25) is 12.3 Å². The minimum atomic E-state index is -0.0649. The van der Waals surface area contributed by atoms with Crippen LogP contribution >= 0.6 is 0 Å². The first-order chi connectivity index (χ1) is 15.1. The Hall–Kier alpha value is -2.63. The van der Waals surface area contributed by atoms with Crippen LogP contribution in [0.1, 0.15) is 70.8 Å². The van der Waals surface area contributed by atoms with E-state index in [1.54, 1.807) is 11.9 Å². The van der Waals surface area contributed by atoms with E-state index in [1.807, 2.05) is 26.0 Å².